The summed E-state index contributed by atoms with van der Waals surface area (Å²) >= 11 is 0. The van der Waals surface area contributed by atoms with Crippen molar-refractivity contribution in [1.29, 1.82) is 0 Å². The molecule has 0 saturated heterocycles. The Morgan fingerprint density at radius 2 is 1.38 bits per heavy atom. The van der Waals surface area contributed by atoms with Crippen molar-refractivity contribution in [3.05, 3.63) is 118 Å². The summed E-state index contributed by atoms with van der Waals surface area (Å²) in [7, 11) is 0. The molecule has 4 aromatic carbocycles. The minimum atomic E-state index is -1.09. The molecule has 0 radical (unpaired) electrons. The van der Waals surface area contributed by atoms with Crippen LogP contribution in [0.15, 0.2) is 84.9 Å². The molecule has 0 saturated carbocycles. The first kappa shape index (κ1) is 18.7. The van der Waals surface area contributed by atoms with Crippen molar-refractivity contribution in [3.63, 3.8) is 0 Å². The number of para-hydroxylation sites is 2. The Morgan fingerprint density at radius 3 is 2.03 bits per heavy atom. The summed E-state index contributed by atoms with van der Waals surface area (Å²) in [4.78, 5) is 13.2. The lowest BCUT2D eigenvalue weighted by Gasteiger charge is -2.37. The van der Waals surface area contributed by atoms with Crippen LogP contribution >= 0.6 is 0 Å². The molecule has 32 heavy (non-hydrogen) atoms. The fourth-order valence-electron chi connectivity index (χ4n) is 4.77. The quantitative estimate of drug-likeness (QED) is 0.371. The Kier molecular flexibility index (Phi) is 3.93. The molecule has 6 rings (SSSR count). The van der Waals surface area contributed by atoms with Gasteiger partial charge >= 0.3 is 5.97 Å². The smallest absolute Gasteiger partial charge is 0.340 e. The highest BCUT2D eigenvalue weighted by molar-refractivity contribution is 6.00. The molecule has 4 aromatic rings. The molecule has 0 aliphatic carbocycles. The standard InChI is InChI=1S/C28H21NO3/c1-17-11-14-19(15-12-17)29-26-18(2)13-16-20-25(26)28(32-27(20)30)21-7-3-5-9-23(21)31-24-10-6-4-8-22(24)28/h3-16,29H,1-2H3. The van der Waals surface area contributed by atoms with E-state index in [9.17, 15) is 4.79 Å². The van der Waals surface area contributed by atoms with Crippen LogP contribution < -0.4 is 10.1 Å². The second kappa shape index (κ2) is 6.72. The van der Waals surface area contributed by atoms with Crippen molar-refractivity contribution < 1.29 is 14.3 Å². The highest BCUT2D eigenvalue weighted by Crippen LogP contribution is 2.58. The molecule has 0 bridgehead atoms. The van der Waals surface area contributed by atoms with E-state index < -0.39 is 5.60 Å². The lowest BCUT2D eigenvalue weighted by molar-refractivity contribution is 0.0226. The highest BCUT2D eigenvalue weighted by atomic mass is 16.6. The van der Waals surface area contributed by atoms with Gasteiger partial charge in [0.1, 0.15) is 11.5 Å². The van der Waals surface area contributed by atoms with E-state index in [1.807, 2.05) is 79.7 Å². The van der Waals surface area contributed by atoms with Gasteiger partial charge < -0.3 is 14.8 Å². The number of hydrogen-bond acceptors (Lipinski definition) is 4. The second-order valence-electron chi connectivity index (χ2n) is 8.34. The number of benzene rings is 4. The maximum absolute atomic E-state index is 13.2. The number of ether oxygens (including phenoxy) is 2. The summed E-state index contributed by atoms with van der Waals surface area (Å²) in [6.07, 6.45) is 0. The Morgan fingerprint density at radius 1 is 0.750 bits per heavy atom. The molecule has 2 heterocycles. The van der Waals surface area contributed by atoms with Crippen LogP contribution in [0.4, 0.5) is 11.4 Å². The molecule has 1 spiro atoms. The molecule has 4 nitrogen and oxygen atoms in total. The zero-order valence-corrected chi connectivity index (χ0v) is 17.8. The topological polar surface area (TPSA) is 47.6 Å². The number of aryl methyl sites for hydroxylation is 2. The van der Waals surface area contributed by atoms with E-state index in [0.29, 0.717) is 17.1 Å². The molecule has 1 N–H and O–H groups in total. The second-order valence-corrected chi connectivity index (χ2v) is 8.34. The van der Waals surface area contributed by atoms with Crippen LogP contribution in [0.5, 0.6) is 11.5 Å². The van der Waals surface area contributed by atoms with Crippen molar-refractivity contribution in [1.82, 2.24) is 0 Å². The third-order valence-electron chi connectivity index (χ3n) is 6.30. The molecular formula is C28H21NO3. The van der Waals surface area contributed by atoms with E-state index in [1.54, 1.807) is 0 Å². The van der Waals surface area contributed by atoms with Crippen molar-refractivity contribution in [3.8, 4) is 11.5 Å². The van der Waals surface area contributed by atoms with E-state index in [2.05, 4.69) is 24.4 Å². The van der Waals surface area contributed by atoms with E-state index in [4.69, 9.17) is 9.47 Å². The Hall–Kier alpha value is -4.05. The zero-order valence-electron chi connectivity index (χ0n) is 17.8. The van der Waals surface area contributed by atoms with Crippen LogP contribution in [-0.4, -0.2) is 5.97 Å². The van der Waals surface area contributed by atoms with Crippen LogP contribution in [0.2, 0.25) is 0 Å². The van der Waals surface area contributed by atoms with Gasteiger partial charge in [-0.3, -0.25) is 0 Å². The molecule has 2 aliphatic rings. The molecule has 0 amide bonds. The Labute approximate surface area is 186 Å². The molecule has 0 aromatic heterocycles. The van der Waals surface area contributed by atoms with E-state index in [1.165, 1.54) is 5.56 Å². The predicted molar refractivity (Wildman–Crippen MR) is 124 cm³/mol. The monoisotopic (exact) mass is 419 g/mol. The van der Waals surface area contributed by atoms with Crippen LogP contribution in [0, 0.1) is 13.8 Å². The summed E-state index contributed by atoms with van der Waals surface area (Å²) < 4.78 is 12.5. The summed E-state index contributed by atoms with van der Waals surface area (Å²) in [5.74, 6) is 1.04. The van der Waals surface area contributed by atoms with Gasteiger partial charge in [0.25, 0.3) is 0 Å². The lowest BCUT2D eigenvalue weighted by atomic mass is 9.76. The predicted octanol–water partition coefficient (Wildman–Crippen LogP) is 6.62. The summed E-state index contributed by atoms with van der Waals surface area (Å²) in [5.41, 5.74) is 6.00. The maximum Gasteiger partial charge on any atom is 0.340 e. The van der Waals surface area contributed by atoms with Crippen molar-refractivity contribution >= 4 is 17.3 Å². The first-order valence-corrected chi connectivity index (χ1v) is 10.7. The van der Waals surface area contributed by atoms with Gasteiger partial charge in [-0.1, -0.05) is 60.2 Å². The number of hydrogen-bond donors (Lipinski definition) is 1. The zero-order chi connectivity index (χ0) is 21.9. The summed E-state index contributed by atoms with van der Waals surface area (Å²) in [6, 6.07) is 27.6. The Bertz CT molecular complexity index is 1340. The van der Waals surface area contributed by atoms with E-state index >= 15 is 0 Å². The summed E-state index contributed by atoms with van der Waals surface area (Å²) in [5, 5.41) is 3.58. The fourth-order valence-corrected chi connectivity index (χ4v) is 4.77. The largest absolute Gasteiger partial charge is 0.456 e. The molecule has 0 fully saturated rings. The normalized spacial score (nSPS) is 14.8. The van der Waals surface area contributed by atoms with Crippen molar-refractivity contribution in [2.45, 2.75) is 19.4 Å². The number of carbonyl (C=O) groups excluding carboxylic acids is 1. The molecular weight excluding hydrogens is 398 g/mol. The number of rotatable bonds is 2. The number of carbonyl (C=O) groups is 1. The van der Waals surface area contributed by atoms with Crippen LogP contribution in [-0.2, 0) is 10.3 Å². The van der Waals surface area contributed by atoms with Gasteiger partial charge in [0.05, 0.1) is 11.3 Å². The number of esters is 1. The minimum absolute atomic E-state index is 0.335. The maximum atomic E-state index is 13.2. The average Bonchev–Trinajstić information content (AvgIpc) is 3.10. The first-order chi connectivity index (χ1) is 15.6. The van der Waals surface area contributed by atoms with Gasteiger partial charge in [-0.25, -0.2) is 4.79 Å². The summed E-state index contributed by atoms with van der Waals surface area (Å²) in [6.45, 7) is 4.11. The highest BCUT2D eigenvalue weighted by Gasteiger charge is 2.55. The number of anilines is 2. The fraction of sp³-hybridized carbons (Fsp3) is 0.107. The Balaban J connectivity index is 1.67. The van der Waals surface area contributed by atoms with Gasteiger partial charge in [-0.05, 0) is 49.7 Å². The van der Waals surface area contributed by atoms with Gasteiger partial charge in [-0.15, -0.1) is 0 Å². The molecule has 156 valence electrons. The molecule has 0 atom stereocenters. The minimum Gasteiger partial charge on any atom is -0.456 e. The van der Waals surface area contributed by atoms with Crippen molar-refractivity contribution in [2.75, 3.05) is 5.32 Å². The van der Waals surface area contributed by atoms with Gasteiger partial charge in [0.2, 0.25) is 0 Å². The lowest BCUT2D eigenvalue weighted by Crippen LogP contribution is -2.33. The van der Waals surface area contributed by atoms with E-state index in [0.717, 1.165) is 33.6 Å². The molecule has 2 aliphatic heterocycles. The van der Waals surface area contributed by atoms with Gasteiger partial charge in [0, 0.05) is 22.4 Å². The third-order valence-corrected chi connectivity index (χ3v) is 6.30. The van der Waals surface area contributed by atoms with Crippen molar-refractivity contribution in [2.24, 2.45) is 0 Å². The van der Waals surface area contributed by atoms with Crippen LogP contribution in [0.25, 0.3) is 0 Å². The van der Waals surface area contributed by atoms with Gasteiger partial charge in [0.15, 0.2) is 5.60 Å². The van der Waals surface area contributed by atoms with Crippen LogP contribution in [0.3, 0.4) is 0 Å². The third kappa shape index (κ3) is 2.53. The number of fused-ring (bicyclic) bond motifs is 6. The van der Waals surface area contributed by atoms with Crippen LogP contribution in [0.1, 0.15) is 38.2 Å². The number of nitrogens with one attached hydrogen (secondary N) is 1. The molecule has 4 heteroatoms. The first-order valence-electron chi connectivity index (χ1n) is 10.7. The molecule has 0 unspecified atom stereocenters. The average molecular weight is 419 g/mol. The van der Waals surface area contributed by atoms with E-state index in [-0.39, 0.29) is 5.97 Å². The SMILES string of the molecule is Cc1ccc(Nc2c(C)ccc3c2C2(OC3=O)c3ccccc3Oc3ccccc32)cc1. The van der Waals surface area contributed by atoms with Gasteiger partial charge in [-0.2, -0.15) is 0 Å².